The first-order valence-electron chi connectivity index (χ1n) is 16.4. The molecule has 0 radical (unpaired) electrons. The zero-order chi connectivity index (χ0) is 36.8. The van der Waals surface area contributed by atoms with E-state index in [0.29, 0.717) is 0 Å². The number of hydrogen-bond donors (Lipinski definition) is 1. The third kappa shape index (κ3) is 6.79. The first-order chi connectivity index (χ1) is 22.7. The highest BCUT2D eigenvalue weighted by Crippen LogP contribution is 2.64. The lowest BCUT2D eigenvalue weighted by atomic mass is 9.49. The van der Waals surface area contributed by atoms with E-state index in [1.165, 1.54) is 47.0 Å². The second kappa shape index (κ2) is 13.9. The maximum absolute atomic E-state index is 13.6. The fourth-order valence-corrected chi connectivity index (χ4v) is 8.27. The molecule has 0 aromatic rings. The summed E-state index contributed by atoms with van der Waals surface area (Å²) in [6, 6.07) is 0. The van der Waals surface area contributed by atoms with E-state index in [4.69, 9.17) is 33.2 Å². The zero-order valence-electron chi connectivity index (χ0n) is 29.5. The van der Waals surface area contributed by atoms with Gasteiger partial charge >= 0.3 is 29.8 Å². The number of hydrogen-bond acceptors (Lipinski definition) is 14. The molecule has 14 nitrogen and oxygen atoms in total. The fraction of sp³-hybridized carbons (Fsp3) is 0.714. The molecule has 0 amide bonds. The third-order valence-electron chi connectivity index (χ3n) is 10.3. The van der Waals surface area contributed by atoms with Gasteiger partial charge in [0.1, 0.15) is 41.9 Å². The molecule has 12 unspecified atom stereocenters. The molecule has 1 spiro atoms. The summed E-state index contributed by atoms with van der Waals surface area (Å²) in [6.07, 6.45) is -5.74. The molecule has 4 rings (SSSR count). The Labute approximate surface area is 285 Å². The van der Waals surface area contributed by atoms with Crippen LogP contribution in [0.2, 0.25) is 0 Å². The van der Waals surface area contributed by atoms with E-state index in [2.05, 4.69) is 6.58 Å². The van der Waals surface area contributed by atoms with Crippen molar-refractivity contribution >= 4 is 35.6 Å². The van der Waals surface area contributed by atoms with Gasteiger partial charge < -0.3 is 43.1 Å². The van der Waals surface area contributed by atoms with Crippen LogP contribution in [0.4, 0.5) is 0 Å². The lowest BCUT2D eigenvalue weighted by molar-refractivity contribution is -0.272. The minimum Gasteiger partial charge on any atom is -0.461 e. The molecule has 272 valence electrons. The van der Waals surface area contributed by atoms with E-state index in [0.717, 1.165) is 6.92 Å². The summed E-state index contributed by atoms with van der Waals surface area (Å²) >= 11 is 0. The Morgan fingerprint density at radius 1 is 0.980 bits per heavy atom. The van der Waals surface area contributed by atoms with E-state index in [-0.39, 0.29) is 36.7 Å². The largest absolute Gasteiger partial charge is 0.461 e. The van der Waals surface area contributed by atoms with Gasteiger partial charge in [-0.15, -0.1) is 0 Å². The number of aliphatic hydroxyl groups is 1. The van der Waals surface area contributed by atoms with Crippen LogP contribution in [0.25, 0.3) is 0 Å². The summed E-state index contributed by atoms with van der Waals surface area (Å²) in [5.41, 5.74) is -5.50. The van der Waals surface area contributed by atoms with Gasteiger partial charge in [0.25, 0.3) is 0 Å². The van der Waals surface area contributed by atoms with E-state index >= 15 is 0 Å². The Bertz CT molecular complexity index is 1410. The smallest absolute Gasteiger partial charge is 0.312 e. The van der Waals surface area contributed by atoms with Gasteiger partial charge in [-0.2, -0.15) is 0 Å². The molecular weight excluding hydrogens is 644 g/mol. The summed E-state index contributed by atoms with van der Waals surface area (Å²) in [5.74, 6) is -8.07. The highest BCUT2D eigenvalue weighted by atomic mass is 16.6. The summed E-state index contributed by atoms with van der Waals surface area (Å²) in [6.45, 7) is 15.4. The normalized spacial score (nSPS) is 39.7. The van der Waals surface area contributed by atoms with Crippen molar-refractivity contribution < 1.29 is 67.0 Å². The molecule has 4 aliphatic rings. The van der Waals surface area contributed by atoms with Crippen LogP contribution in [0.3, 0.4) is 0 Å². The van der Waals surface area contributed by atoms with Gasteiger partial charge in [0.2, 0.25) is 0 Å². The summed E-state index contributed by atoms with van der Waals surface area (Å²) < 4.78 is 41.9. The van der Waals surface area contributed by atoms with Crippen molar-refractivity contribution in [2.75, 3.05) is 13.7 Å². The number of methoxy groups -OCH3 is 1. The maximum atomic E-state index is 13.6. The Kier molecular flexibility index (Phi) is 10.9. The van der Waals surface area contributed by atoms with Gasteiger partial charge in [-0.1, -0.05) is 33.4 Å². The van der Waals surface area contributed by atoms with Crippen molar-refractivity contribution in [3.05, 3.63) is 24.3 Å². The standard InChI is InChI=1S/C35H48O14/c1-16(2)13-25(40)48-28-23(14-18(4)36)29(46-21(7)38)34(15-44-34)27-31(47-22(8)39)35(42)19(5)32(41)49-30(35)26(43-10)17(3)11-12-24(33(27,28)9)45-20(6)37/h11-12,16,19,23-24,26-31,42H,3,13-15H2,1-2,4-10H3. The van der Waals surface area contributed by atoms with Crippen LogP contribution in [0.5, 0.6) is 0 Å². The van der Waals surface area contributed by atoms with Gasteiger partial charge in [0.15, 0.2) is 11.7 Å². The molecule has 0 aromatic heterocycles. The predicted octanol–water partition coefficient (Wildman–Crippen LogP) is 2.17. The Morgan fingerprint density at radius 2 is 1.55 bits per heavy atom. The summed E-state index contributed by atoms with van der Waals surface area (Å²) in [7, 11) is 1.32. The number of carbonyl (C=O) groups excluding carboxylic acids is 6. The number of ether oxygens (including phenoxy) is 7. The molecule has 12 atom stereocenters. The quantitative estimate of drug-likeness (QED) is 0.210. The number of rotatable bonds is 9. The van der Waals surface area contributed by atoms with Gasteiger partial charge in [-0.3, -0.25) is 24.0 Å². The van der Waals surface area contributed by atoms with E-state index in [9.17, 15) is 33.9 Å². The predicted molar refractivity (Wildman–Crippen MR) is 168 cm³/mol. The second-order valence-electron chi connectivity index (χ2n) is 14.3. The van der Waals surface area contributed by atoms with Crippen molar-refractivity contribution in [3.8, 4) is 0 Å². The molecule has 0 bridgehead atoms. The van der Waals surface area contributed by atoms with Crippen LogP contribution in [-0.4, -0.2) is 102 Å². The second-order valence-corrected chi connectivity index (χ2v) is 14.3. The number of carbonyl (C=O) groups is 6. The molecule has 14 heteroatoms. The molecule has 2 saturated heterocycles. The van der Waals surface area contributed by atoms with Crippen LogP contribution in [0.15, 0.2) is 24.3 Å². The summed E-state index contributed by atoms with van der Waals surface area (Å²) in [5, 5.41) is 12.9. The van der Waals surface area contributed by atoms with E-state index < -0.39 is 101 Å². The van der Waals surface area contributed by atoms with E-state index in [1.807, 2.05) is 13.8 Å². The lowest BCUT2D eigenvalue weighted by Gasteiger charge is -2.60. The van der Waals surface area contributed by atoms with Gasteiger partial charge in [0, 0.05) is 52.6 Å². The molecular formula is C35H48O14. The van der Waals surface area contributed by atoms with Crippen LogP contribution < -0.4 is 0 Å². The molecule has 3 fully saturated rings. The molecule has 1 N–H and O–H groups in total. The van der Waals surface area contributed by atoms with Crippen LogP contribution in [0, 0.1) is 29.1 Å². The highest BCUT2D eigenvalue weighted by Gasteiger charge is 2.80. The van der Waals surface area contributed by atoms with E-state index in [1.54, 1.807) is 6.92 Å². The van der Waals surface area contributed by atoms with Crippen molar-refractivity contribution in [1.29, 1.82) is 0 Å². The maximum Gasteiger partial charge on any atom is 0.312 e. The Morgan fingerprint density at radius 3 is 2.04 bits per heavy atom. The summed E-state index contributed by atoms with van der Waals surface area (Å²) in [4.78, 5) is 78.5. The molecule has 2 aliphatic carbocycles. The molecule has 2 aliphatic heterocycles. The minimum absolute atomic E-state index is 0.0386. The van der Waals surface area contributed by atoms with Crippen molar-refractivity contribution in [2.45, 2.75) is 116 Å². The van der Waals surface area contributed by atoms with Crippen molar-refractivity contribution in [3.63, 3.8) is 0 Å². The van der Waals surface area contributed by atoms with Crippen molar-refractivity contribution in [2.24, 2.45) is 29.1 Å². The van der Waals surface area contributed by atoms with Crippen LogP contribution >= 0.6 is 0 Å². The Balaban J connectivity index is 2.18. The first kappa shape index (κ1) is 38.2. The number of ketones is 1. The van der Waals surface area contributed by atoms with Gasteiger partial charge in [-0.25, -0.2) is 0 Å². The SMILES string of the molecule is C=C1C=CC(OC(C)=O)C2(C)C(OC(=O)CC(C)C)C(CC(C)=O)C(OC(C)=O)C3(CO3)C2C(OC(C)=O)C2(O)C(C)C(=O)OC2C1OC. The number of esters is 5. The minimum atomic E-state index is -2.37. The molecule has 2 heterocycles. The third-order valence-corrected chi connectivity index (χ3v) is 10.3. The number of epoxide rings is 1. The van der Waals surface area contributed by atoms with Gasteiger partial charge in [-0.05, 0) is 31.4 Å². The Hall–Kier alpha value is -3.62. The first-order valence-corrected chi connectivity index (χ1v) is 16.4. The van der Waals surface area contributed by atoms with Crippen LogP contribution in [-0.2, 0) is 61.9 Å². The fourth-order valence-electron chi connectivity index (χ4n) is 8.27. The molecule has 1 saturated carbocycles. The van der Waals surface area contributed by atoms with Crippen molar-refractivity contribution in [1.82, 2.24) is 0 Å². The average Bonchev–Trinajstić information content (AvgIpc) is 3.73. The van der Waals surface area contributed by atoms with Gasteiger partial charge in [0.05, 0.1) is 17.9 Å². The molecule has 0 aromatic carbocycles. The zero-order valence-corrected chi connectivity index (χ0v) is 29.5. The lowest BCUT2D eigenvalue weighted by Crippen LogP contribution is -2.75. The number of fused-ring (bicyclic) bond motifs is 3. The topological polar surface area (TPSA) is 191 Å². The monoisotopic (exact) mass is 692 g/mol. The molecule has 49 heavy (non-hydrogen) atoms. The average molecular weight is 693 g/mol. The van der Waals surface area contributed by atoms with Crippen LogP contribution in [0.1, 0.15) is 68.2 Å². The number of Topliss-reactive ketones (excluding diaryl/α,β-unsaturated/α-hetero) is 1. The highest BCUT2D eigenvalue weighted by molar-refractivity contribution is 5.78.